The molecule has 0 aliphatic heterocycles. The predicted octanol–water partition coefficient (Wildman–Crippen LogP) is -1.16. The fourth-order valence-corrected chi connectivity index (χ4v) is 0.358. The zero-order valence-corrected chi connectivity index (χ0v) is 5.30. The normalized spacial score (nSPS) is 9.44. The van der Waals surface area contributed by atoms with Gasteiger partial charge in [-0.2, -0.15) is 0 Å². The highest BCUT2D eigenvalue weighted by molar-refractivity contribution is 5.74. The van der Waals surface area contributed by atoms with Crippen molar-refractivity contribution >= 4 is 5.91 Å². The minimum absolute atomic E-state index is 0. The van der Waals surface area contributed by atoms with E-state index in [1.165, 1.54) is 0 Å². The summed E-state index contributed by atoms with van der Waals surface area (Å²) >= 11 is 0. The third kappa shape index (κ3) is 7.39. The first-order valence-electron chi connectivity index (χ1n) is 2.83. The van der Waals surface area contributed by atoms with Crippen molar-refractivity contribution in [3.8, 4) is 0 Å². The van der Waals surface area contributed by atoms with E-state index >= 15 is 0 Å². The number of amides is 1. The molecular formula is C5H12N2O2. The van der Waals surface area contributed by atoms with Gasteiger partial charge in [0.25, 0.3) is 0 Å². The van der Waals surface area contributed by atoms with Crippen molar-refractivity contribution in [1.29, 1.82) is 0 Å². The molecule has 0 aromatic carbocycles. The van der Waals surface area contributed by atoms with Gasteiger partial charge in [-0.25, -0.2) is 0 Å². The highest BCUT2D eigenvalue weighted by atomic mass is 16.5. The van der Waals surface area contributed by atoms with E-state index in [1.54, 1.807) is 0 Å². The number of primary amides is 1. The summed E-state index contributed by atoms with van der Waals surface area (Å²) in [7, 11) is 0. The first-order chi connectivity index (χ1) is 4.27. The minimum Gasteiger partial charge on any atom is -0.372 e. The summed E-state index contributed by atoms with van der Waals surface area (Å²) in [5.41, 5.74) is 9.93. The van der Waals surface area contributed by atoms with Crippen molar-refractivity contribution in [1.82, 2.24) is 0 Å². The molecule has 0 aliphatic carbocycles. The van der Waals surface area contributed by atoms with Gasteiger partial charge in [0.1, 0.15) is 6.61 Å². The predicted molar refractivity (Wildman–Crippen MR) is 33.7 cm³/mol. The zero-order valence-electron chi connectivity index (χ0n) is 5.30. The molecule has 4 nitrogen and oxygen atoms in total. The number of nitrogens with two attached hydrogens (primary N) is 2. The quantitative estimate of drug-likeness (QED) is 0.463. The maximum absolute atomic E-state index is 10.0. The average Bonchev–Trinajstić information content (AvgIpc) is 1.80. The molecule has 0 radical (unpaired) electrons. The Labute approximate surface area is 54.2 Å². The standard InChI is InChI=1S/C5H12N2O2/c6-2-1-3-9-4-5(7)8/h1-4,6H2,(H2,7,8). The number of ether oxygens (including phenoxy) is 1. The molecule has 0 heterocycles. The largest absolute Gasteiger partial charge is 0.372 e. The van der Waals surface area contributed by atoms with Crippen LogP contribution >= 0.6 is 0 Å². The van der Waals surface area contributed by atoms with Gasteiger partial charge in [-0.3, -0.25) is 4.79 Å². The van der Waals surface area contributed by atoms with Crippen LogP contribution in [0.1, 0.15) is 6.42 Å². The van der Waals surface area contributed by atoms with Crippen LogP contribution in [-0.2, 0) is 9.53 Å². The number of rotatable bonds is 5. The number of carbonyl (C=O) groups is 1. The van der Waals surface area contributed by atoms with E-state index in [2.05, 4.69) is 0 Å². The van der Waals surface area contributed by atoms with Crippen LogP contribution in [0.4, 0.5) is 0 Å². The van der Waals surface area contributed by atoms with Crippen LogP contribution in [0.3, 0.4) is 0 Å². The van der Waals surface area contributed by atoms with Crippen molar-refractivity contribution in [3.63, 3.8) is 0 Å². The van der Waals surface area contributed by atoms with Gasteiger partial charge in [-0.1, -0.05) is 0 Å². The summed E-state index contributed by atoms with van der Waals surface area (Å²) in [6, 6.07) is 0. The molecule has 0 saturated carbocycles. The lowest BCUT2D eigenvalue weighted by Crippen LogP contribution is -2.19. The second-order valence-electron chi connectivity index (χ2n) is 1.66. The molecule has 4 N–H and O–H groups in total. The lowest BCUT2D eigenvalue weighted by atomic mass is 10.5. The molecule has 0 aliphatic rings. The van der Waals surface area contributed by atoms with Gasteiger partial charge in [-0.15, -0.1) is 0 Å². The van der Waals surface area contributed by atoms with Crippen molar-refractivity contribution in [2.24, 2.45) is 11.5 Å². The second kappa shape index (κ2) is 5.53. The van der Waals surface area contributed by atoms with E-state index in [0.717, 1.165) is 6.42 Å². The Morgan fingerprint density at radius 3 is 2.67 bits per heavy atom. The van der Waals surface area contributed by atoms with Crippen molar-refractivity contribution in [2.45, 2.75) is 6.42 Å². The Hall–Kier alpha value is -0.610. The van der Waals surface area contributed by atoms with Gasteiger partial charge in [0.05, 0.1) is 0 Å². The second-order valence-corrected chi connectivity index (χ2v) is 1.66. The molecule has 4 heteroatoms. The van der Waals surface area contributed by atoms with Crippen LogP contribution in [0.5, 0.6) is 0 Å². The molecule has 0 unspecified atom stereocenters. The molecule has 0 fully saturated rings. The minimum atomic E-state index is -0.438. The molecule has 54 valence electrons. The Morgan fingerprint density at radius 1 is 1.56 bits per heavy atom. The van der Waals surface area contributed by atoms with Gasteiger partial charge >= 0.3 is 0 Å². The summed E-state index contributed by atoms with van der Waals surface area (Å²) in [6.45, 7) is 1.10. The highest BCUT2D eigenvalue weighted by Crippen LogP contribution is 1.77. The van der Waals surface area contributed by atoms with Crippen LogP contribution in [-0.4, -0.2) is 25.7 Å². The van der Waals surface area contributed by atoms with Crippen LogP contribution in [0, 0.1) is 0 Å². The van der Waals surface area contributed by atoms with E-state index in [1.807, 2.05) is 0 Å². The Kier molecular flexibility index (Phi) is 5.15. The molecule has 0 rings (SSSR count). The summed E-state index contributed by atoms with van der Waals surface area (Å²) in [4.78, 5) is 10.0. The maximum Gasteiger partial charge on any atom is 0.243 e. The molecule has 0 aromatic heterocycles. The molecule has 0 aromatic rings. The van der Waals surface area contributed by atoms with Gasteiger partial charge in [0.2, 0.25) is 5.91 Å². The third-order valence-corrected chi connectivity index (χ3v) is 0.737. The molecule has 9 heavy (non-hydrogen) atoms. The lowest BCUT2D eigenvalue weighted by molar-refractivity contribution is -0.122. The lowest BCUT2D eigenvalue weighted by Gasteiger charge is -1.97. The third-order valence-electron chi connectivity index (χ3n) is 0.737. The van der Waals surface area contributed by atoms with Gasteiger partial charge in [0, 0.05) is 6.61 Å². The summed E-state index contributed by atoms with van der Waals surface area (Å²) in [6.07, 6.45) is 0.771. The van der Waals surface area contributed by atoms with E-state index in [-0.39, 0.29) is 6.61 Å². The SMILES string of the molecule is NCCCOCC(N)=O. The van der Waals surface area contributed by atoms with E-state index in [4.69, 9.17) is 16.2 Å². The van der Waals surface area contributed by atoms with Gasteiger partial charge in [-0.05, 0) is 13.0 Å². The van der Waals surface area contributed by atoms with Crippen LogP contribution < -0.4 is 11.5 Å². The van der Waals surface area contributed by atoms with Crippen molar-refractivity contribution in [2.75, 3.05) is 19.8 Å². The number of carbonyl (C=O) groups excluding carboxylic acids is 1. The van der Waals surface area contributed by atoms with Gasteiger partial charge in [0.15, 0.2) is 0 Å². The average molecular weight is 132 g/mol. The summed E-state index contributed by atoms with van der Waals surface area (Å²) in [5.74, 6) is -0.438. The first-order valence-corrected chi connectivity index (χ1v) is 2.83. The smallest absolute Gasteiger partial charge is 0.243 e. The van der Waals surface area contributed by atoms with Crippen molar-refractivity contribution in [3.05, 3.63) is 0 Å². The Balaban J connectivity index is 2.83. The Morgan fingerprint density at radius 2 is 2.22 bits per heavy atom. The number of hydrogen-bond donors (Lipinski definition) is 2. The molecule has 0 spiro atoms. The van der Waals surface area contributed by atoms with Crippen LogP contribution in [0.25, 0.3) is 0 Å². The van der Waals surface area contributed by atoms with Crippen LogP contribution in [0.15, 0.2) is 0 Å². The van der Waals surface area contributed by atoms with Crippen LogP contribution in [0.2, 0.25) is 0 Å². The fourth-order valence-electron chi connectivity index (χ4n) is 0.358. The van der Waals surface area contributed by atoms with E-state index in [9.17, 15) is 4.79 Å². The maximum atomic E-state index is 10.0. The molecule has 1 amide bonds. The Bertz CT molecular complexity index is 85.0. The highest BCUT2D eigenvalue weighted by Gasteiger charge is 1.91. The van der Waals surface area contributed by atoms with Gasteiger partial charge < -0.3 is 16.2 Å². The molecule has 0 saturated heterocycles. The number of hydrogen-bond acceptors (Lipinski definition) is 3. The molecule has 0 atom stereocenters. The summed E-state index contributed by atoms with van der Waals surface area (Å²) < 4.78 is 4.78. The molecule has 0 bridgehead atoms. The monoisotopic (exact) mass is 132 g/mol. The zero-order chi connectivity index (χ0) is 7.11. The summed E-state index contributed by atoms with van der Waals surface area (Å²) in [5, 5.41) is 0. The van der Waals surface area contributed by atoms with E-state index in [0.29, 0.717) is 13.2 Å². The van der Waals surface area contributed by atoms with E-state index < -0.39 is 5.91 Å². The first kappa shape index (κ1) is 8.39. The molecular weight excluding hydrogens is 120 g/mol. The van der Waals surface area contributed by atoms with Crippen molar-refractivity contribution < 1.29 is 9.53 Å². The fraction of sp³-hybridized carbons (Fsp3) is 0.800. The topological polar surface area (TPSA) is 78.3 Å².